The van der Waals surface area contributed by atoms with Gasteiger partial charge in [0.1, 0.15) is 0 Å². The zero-order chi connectivity index (χ0) is 21.5. The van der Waals surface area contributed by atoms with Crippen molar-refractivity contribution in [2.45, 2.75) is 11.8 Å². The summed E-state index contributed by atoms with van der Waals surface area (Å²) in [6, 6.07) is 9.74. The molecule has 0 spiro atoms. The Labute approximate surface area is 165 Å². The number of nitrogens with zero attached hydrogens (tertiary/aromatic N) is 3. The van der Waals surface area contributed by atoms with Gasteiger partial charge in [0.05, 0.1) is 16.0 Å². The van der Waals surface area contributed by atoms with Crippen LogP contribution in [-0.2, 0) is 10.1 Å². The first-order valence-electron chi connectivity index (χ1n) is 7.27. The first-order valence-corrected chi connectivity index (χ1v) is 9.08. The second-order valence-corrected chi connectivity index (χ2v) is 7.00. The van der Waals surface area contributed by atoms with Gasteiger partial charge in [-0.25, -0.2) is 0 Å². The van der Waals surface area contributed by atoms with E-state index in [2.05, 4.69) is 5.10 Å². The van der Waals surface area contributed by atoms with Crippen LogP contribution in [0.25, 0.3) is 0 Å². The minimum absolute atomic E-state index is 0.0666. The van der Waals surface area contributed by atoms with E-state index in [1.807, 2.05) is 6.92 Å². The molecule has 2 rings (SSSR count). The standard InChI is InChI=1S/C8H8ClN5O3.C7H8O3S/c9-7-2-1-6(14(16)17)3-5(7)4-12-13(15)8(10)11;1-6-2-4-7(5-3-6)11(8,9)10/h1-4,15H,(H3,10,11);2-5H,1H3,(H,8,9,10)/b12-4+;. The number of guanidine groups is 1. The van der Waals surface area contributed by atoms with Gasteiger partial charge in [-0.15, -0.1) is 5.17 Å². The minimum atomic E-state index is -4.02. The van der Waals surface area contributed by atoms with Crippen molar-refractivity contribution in [3.05, 3.63) is 68.7 Å². The van der Waals surface area contributed by atoms with Crippen LogP contribution >= 0.6 is 11.6 Å². The van der Waals surface area contributed by atoms with Crippen LogP contribution in [0.15, 0.2) is 52.5 Å². The molecule has 0 aliphatic rings. The van der Waals surface area contributed by atoms with Crippen molar-refractivity contribution in [1.82, 2.24) is 5.17 Å². The third kappa shape index (κ3) is 7.28. The lowest BCUT2D eigenvalue weighted by atomic mass is 10.2. The third-order valence-corrected chi connectivity index (χ3v) is 4.24. The van der Waals surface area contributed by atoms with E-state index in [-0.39, 0.29) is 26.3 Å². The monoisotopic (exact) mass is 429 g/mol. The molecule has 150 valence electrons. The minimum Gasteiger partial charge on any atom is -0.367 e. The Balaban J connectivity index is 0.000000307. The Hall–Kier alpha value is -3.06. The molecule has 5 N–H and O–H groups in total. The summed E-state index contributed by atoms with van der Waals surface area (Å²) in [4.78, 5) is 9.86. The van der Waals surface area contributed by atoms with Crippen molar-refractivity contribution in [2.75, 3.05) is 0 Å². The van der Waals surface area contributed by atoms with Crippen molar-refractivity contribution in [1.29, 1.82) is 5.41 Å². The Kier molecular flexibility index (Phi) is 8.00. The van der Waals surface area contributed by atoms with E-state index in [1.165, 1.54) is 30.3 Å². The lowest BCUT2D eigenvalue weighted by molar-refractivity contribution is -0.384. The summed E-state index contributed by atoms with van der Waals surface area (Å²) in [7, 11) is -4.02. The summed E-state index contributed by atoms with van der Waals surface area (Å²) >= 11 is 5.77. The second kappa shape index (κ2) is 9.75. The summed E-state index contributed by atoms with van der Waals surface area (Å²) < 4.78 is 29.6. The first kappa shape index (κ1) is 23.0. The summed E-state index contributed by atoms with van der Waals surface area (Å²) in [5.41, 5.74) is 5.94. The van der Waals surface area contributed by atoms with Crippen LogP contribution < -0.4 is 5.73 Å². The zero-order valence-corrected chi connectivity index (χ0v) is 15.9. The molecule has 0 atom stereocenters. The maximum atomic E-state index is 10.5. The molecule has 0 saturated heterocycles. The fourth-order valence-electron chi connectivity index (χ4n) is 1.63. The quantitative estimate of drug-likeness (QED) is 0.187. The van der Waals surface area contributed by atoms with Gasteiger partial charge in [-0.2, -0.15) is 13.5 Å². The molecule has 2 aromatic carbocycles. The molecule has 0 aromatic heterocycles. The van der Waals surface area contributed by atoms with Gasteiger partial charge in [-0.1, -0.05) is 29.3 Å². The largest absolute Gasteiger partial charge is 0.367 e. The molecular weight excluding hydrogens is 414 g/mol. The van der Waals surface area contributed by atoms with Crippen molar-refractivity contribution in [3.8, 4) is 0 Å². The van der Waals surface area contributed by atoms with Gasteiger partial charge >= 0.3 is 0 Å². The van der Waals surface area contributed by atoms with E-state index in [9.17, 15) is 18.5 Å². The number of hydrogen-bond acceptors (Lipinski definition) is 7. The molecular formula is C15H16ClN5O6S. The highest BCUT2D eigenvalue weighted by Gasteiger charge is 2.09. The van der Waals surface area contributed by atoms with Crippen LogP contribution in [0.2, 0.25) is 5.02 Å². The number of halogens is 1. The zero-order valence-electron chi connectivity index (χ0n) is 14.4. The van der Waals surface area contributed by atoms with Crippen LogP contribution in [0.5, 0.6) is 0 Å². The summed E-state index contributed by atoms with van der Waals surface area (Å²) in [5.74, 6) is -0.692. The number of non-ortho nitro benzene ring substituents is 1. The van der Waals surface area contributed by atoms with Crippen LogP contribution in [0.4, 0.5) is 5.69 Å². The smallest absolute Gasteiger partial charge is 0.294 e. The predicted molar refractivity (Wildman–Crippen MR) is 102 cm³/mol. The Morgan fingerprint density at radius 3 is 2.36 bits per heavy atom. The number of hydroxylamine groups is 1. The maximum absolute atomic E-state index is 10.5. The number of hydrogen-bond donors (Lipinski definition) is 4. The second-order valence-electron chi connectivity index (χ2n) is 5.17. The first-order chi connectivity index (χ1) is 12.9. The lowest BCUT2D eigenvalue weighted by Crippen LogP contribution is -2.28. The summed E-state index contributed by atoms with van der Waals surface area (Å²) in [6.07, 6.45) is 1.05. The molecule has 0 radical (unpaired) electrons. The average Bonchev–Trinajstić information content (AvgIpc) is 2.60. The highest BCUT2D eigenvalue weighted by atomic mass is 35.5. The molecule has 2 aromatic rings. The van der Waals surface area contributed by atoms with Gasteiger partial charge in [-0.3, -0.25) is 25.3 Å². The summed E-state index contributed by atoms with van der Waals surface area (Å²) in [6.45, 7) is 1.84. The summed E-state index contributed by atoms with van der Waals surface area (Å²) in [5, 5.41) is 30.0. The van der Waals surface area contributed by atoms with Crippen LogP contribution in [0.1, 0.15) is 11.1 Å². The molecule has 0 heterocycles. The number of nitro benzene ring substituents is 1. The lowest BCUT2D eigenvalue weighted by Gasteiger charge is -2.06. The van der Waals surface area contributed by atoms with Gasteiger partial charge in [0.15, 0.2) is 0 Å². The van der Waals surface area contributed by atoms with E-state index in [4.69, 9.17) is 32.5 Å². The molecule has 0 saturated carbocycles. The number of aryl methyl sites for hydroxylation is 1. The van der Waals surface area contributed by atoms with E-state index in [0.29, 0.717) is 0 Å². The van der Waals surface area contributed by atoms with E-state index in [1.54, 1.807) is 12.1 Å². The average molecular weight is 430 g/mol. The van der Waals surface area contributed by atoms with Crippen molar-refractivity contribution < 1.29 is 23.1 Å². The Morgan fingerprint density at radius 1 is 1.32 bits per heavy atom. The predicted octanol–water partition coefficient (Wildman–Crippen LogP) is 2.41. The third-order valence-electron chi connectivity index (χ3n) is 3.03. The van der Waals surface area contributed by atoms with Crippen LogP contribution in [0.3, 0.4) is 0 Å². The number of nitrogens with one attached hydrogen (secondary N) is 1. The highest BCUT2D eigenvalue weighted by Crippen LogP contribution is 2.20. The molecule has 28 heavy (non-hydrogen) atoms. The number of rotatable bonds is 4. The fraction of sp³-hybridized carbons (Fsp3) is 0.0667. The van der Waals surface area contributed by atoms with Gasteiger partial charge in [0, 0.05) is 22.7 Å². The molecule has 13 heteroatoms. The molecule has 0 amide bonds. The molecule has 11 nitrogen and oxygen atoms in total. The number of nitro groups is 1. The molecule has 0 bridgehead atoms. The van der Waals surface area contributed by atoms with Crippen molar-refractivity contribution in [2.24, 2.45) is 10.8 Å². The molecule has 0 fully saturated rings. The van der Waals surface area contributed by atoms with Crippen LogP contribution in [-0.4, -0.2) is 40.4 Å². The van der Waals surface area contributed by atoms with E-state index < -0.39 is 21.0 Å². The Bertz CT molecular complexity index is 994. The van der Waals surface area contributed by atoms with Crippen molar-refractivity contribution in [3.63, 3.8) is 0 Å². The maximum Gasteiger partial charge on any atom is 0.294 e. The normalized spacial score (nSPS) is 10.9. The number of benzene rings is 2. The number of hydrazone groups is 1. The van der Waals surface area contributed by atoms with Gasteiger partial charge in [-0.05, 0) is 25.1 Å². The highest BCUT2D eigenvalue weighted by molar-refractivity contribution is 7.85. The van der Waals surface area contributed by atoms with Crippen LogP contribution in [0, 0.1) is 22.4 Å². The molecule has 0 aliphatic carbocycles. The van der Waals surface area contributed by atoms with Gasteiger partial charge in [0.25, 0.3) is 15.8 Å². The number of nitrogens with two attached hydrogens (primary N) is 1. The molecule has 0 aliphatic heterocycles. The molecule has 0 unspecified atom stereocenters. The van der Waals surface area contributed by atoms with Crippen molar-refractivity contribution >= 4 is 39.6 Å². The SMILES string of the molecule is Cc1ccc(S(=O)(=O)O)cc1.N=C(N)N(O)/N=C/c1cc([N+](=O)[O-])ccc1Cl. The topological polar surface area (TPSA) is 183 Å². The van der Waals surface area contributed by atoms with E-state index >= 15 is 0 Å². The van der Waals surface area contributed by atoms with Gasteiger partial charge in [0.2, 0.25) is 5.96 Å². The van der Waals surface area contributed by atoms with Gasteiger partial charge < -0.3 is 5.73 Å². The fourth-order valence-corrected chi connectivity index (χ4v) is 2.28. The van der Waals surface area contributed by atoms with E-state index in [0.717, 1.165) is 11.8 Å². The Morgan fingerprint density at radius 2 is 1.89 bits per heavy atom.